The summed E-state index contributed by atoms with van der Waals surface area (Å²) in [6, 6.07) is 11.4. The standard InChI is InChI=1S/C17H25N/c1-14(2)16(18-3)17(12-8-5-9-13-17)15-10-6-4-7-11-15/h4,6-7,10-11,16,18H,1,5,8-9,12-13H2,2-3H3. The van der Waals surface area contributed by atoms with Gasteiger partial charge in [0.05, 0.1) is 0 Å². The van der Waals surface area contributed by atoms with Crippen LogP contribution in [0.2, 0.25) is 0 Å². The van der Waals surface area contributed by atoms with Gasteiger partial charge in [0.15, 0.2) is 0 Å². The summed E-state index contributed by atoms with van der Waals surface area (Å²) < 4.78 is 0. The zero-order valence-electron chi connectivity index (χ0n) is 11.7. The molecule has 0 aliphatic heterocycles. The molecule has 1 aliphatic carbocycles. The van der Waals surface area contributed by atoms with Crippen molar-refractivity contribution in [2.45, 2.75) is 50.5 Å². The number of nitrogens with one attached hydrogen (secondary N) is 1. The highest BCUT2D eigenvalue weighted by atomic mass is 14.9. The minimum absolute atomic E-state index is 0.250. The second kappa shape index (κ2) is 5.71. The van der Waals surface area contributed by atoms with E-state index in [0.717, 1.165) is 0 Å². The molecule has 98 valence electrons. The van der Waals surface area contributed by atoms with Gasteiger partial charge in [0.1, 0.15) is 0 Å². The largest absolute Gasteiger partial charge is 0.313 e. The van der Waals surface area contributed by atoms with Crippen LogP contribution in [0.1, 0.15) is 44.6 Å². The lowest BCUT2D eigenvalue weighted by Gasteiger charge is -2.44. The van der Waals surface area contributed by atoms with Crippen molar-refractivity contribution in [2.24, 2.45) is 0 Å². The molecule has 1 saturated carbocycles. The third kappa shape index (κ3) is 2.37. The van der Waals surface area contributed by atoms with Gasteiger partial charge in [-0.1, -0.05) is 61.7 Å². The van der Waals surface area contributed by atoms with E-state index in [1.54, 1.807) is 0 Å². The molecule has 0 spiro atoms. The Morgan fingerprint density at radius 3 is 2.28 bits per heavy atom. The third-order valence-corrected chi connectivity index (χ3v) is 4.43. The molecule has 1 aromatic rings. The van der Waals surface area contributed by atoms with Gasteiger partial charge in [-0.05, 0) is 32.4 Å². The highest BCUT2D eigenvalue weighted by molar-refractivity contribution is 5.32. The van der Waals surface area contributed by atoms with E-state index in [0.29, 0.717) is 6.04 Å². The van der Waals surface area contributed by atoms with Crippen LogP contribution in [0.25, 0.3) is 0 Å². The summed E-state index contributed by atoms with van der Waals surface area (Å²) in [6.45, 7) is 6.36. The Morgan fingerprint density at radius 2 is 1.78 bits per heavy atom. The number of likely N-dealkylation sites (N-methyl/N-ethyl adjacent to an activating group) is 1. The number of rotatable bonds is 4. The lowest BCUT2D eigenvalue weighted by atomic mass is 9.63. The molecular formula is C17H25N. The van der Waals surface area contributed by atoms with Gasteiger partial charge in [-0.25, -0.2) is 0 Å². The van der Waals surface area contributed by atoms with Crippen LogP contribution < -0.4 is 5.32 Å². The number of benzene rings is 1. The van der Waals surface area contributed by atoms with Crippen molar-refractivity contribution in [1.82, 2.24) is 5.32 Å². The topological polar surface area (TPSA) is 12.0 Å². The first kappa shape index (κ1) is 13.4. The van der Waals surface area contributed by atoms with E-state index in [1.165, 1.54) is 43.2 Å². The molecule has 1 atom stereocenters. The molecule has 1 heteroatoms. The Kier molecular flexibility index (Phi) is 4.23. The summed E-state index contributed by atoms with van der Waals surface area (Å²) in [4.78, 5) is 0. The van der Waals surface area contributed by atoms with Crippen molar-refractivity contribution >= 4 is 0 Å². The van der Waals surface area contributed by atoms with Crippen LogP contribution in [0.5, 0.6) is 0 Å². The monoisotopic (exact) mass is 243 g/mol. The average molecular weight is 243 g/mol. The van der Waals surface area contributed by atoms with Crippen molar-refractivity contribution in [3.63, 3.8) is 0 Å². The van der Waals surface area contributed by atoms with Crippen molar-refractivity contribution in [2.75, 3.05) is 7.05 Å². The molecule has 0 radical (unpaired) electrons. The molecule has 1 unspecified atom stereocenters. The maximum Gasteiger partial charge on any atom is 0.0369 e. The van der Waals surface area contributed by atoms with Crippen molar-refractivity contribution in [1.29, 1.82) is 0 Å². The van der Waals surface area contributed by atoms with Gasteiger partial charge in [-0.3, -0.25) is 0 Å². The molecule has 18 heavy (non-hydrogen) atoms. The fourth-order valence-electron chi connectivity index (χ4n) is 3.69. The first-order valence-electron chi connectivity index (χ1n) is 7.09. The quantitative estimate of drug-likeness (QED) is 0.787. The predicted molar refractivity (Wildman–Crippen MR) is 78.9 cm³/mol. The van der Waals surface area contributed by atoms with Gasteiger partial charge in [0, 0.05) is 11.5 Å². The zero-order chi connectivity index (χ0) is 13.0. The lowest BCUT2D eigenvalue weighted by molar-refractivity contribution is 0.240. The van der Waals surface area contributed by atoms with Crippen LogP contribution in [0.4, 0.5) is 0 Å². The lowest BCUT2D eigenvalue weighted by Crippen LogP contribution is -2.49. The Balaban J connectivity index is 2.43. The van der Waals surface area contributed by atoms with Gasteiger partial charge < -0.3 is 5.32 Å². The summed E-state index contributed by atoms with van der Waals surface area (Å²) in [5.74, 6) is 0. The van der Waals surface area contributed by atoms with E-state index in [1.807, 2.05) is 0 Å². The molecule has 1 aliphatic rings. The summed E-state index contributed by atoms with van der Waals surface area (Å²) in [6.07, 6.45) is 6.59. The Bertz CT molecular complexity index is 387. The normalized spacial score (nSPS) is 20.3. The summed E-state index contributed by atoms with van der Waals surface area (Å²) in [5, 5.41) is 3.51. The van der Waals surface area contributed by atoms with Crippen LogP contribution >= 0.6 is 0 Å². The van der Waals surface area contributed by atoms with Gasteiger partial charge in [0.25, 0.3) is 0 Å². The van der Waals surface area contributed by atoms with E-state index in [2.05, 4.69) is 56.2 Å². The number of hydrogen-bond donors (Lipinski definition) is 1. The molecule has 1 N–H and O–H groups in total. The van der Waals surface area contributed by atoms with Crippen LogP contribution in [-0.4, -0.2) is 13.1 Å². The minimum atomic E-state index is 0.250. The smallest absolute Gasteiger partial charge is 0.0369 e. The molecule has 0 aromatic heterocycles. The van der Waals surface area contributed by atoms with Crippen molar-refractivity contribution in [3.8, 4) is 0 Å². The Labute approximate surface area is 111 Å². The molecule has 2 rings (SSSR count). The van der Waals surface area contributed by atoms with E-state index >= 15 is 0 Å². The van der Waals surface area contributed by atoms with Crippen molar-refractivity contribution < 1.29 is 0 Å². The van der Waals surface area contributed by atoms with Gasteiger partial charge in [-0.2, -0.15) is 0 Å². The molecule has 0 heterocycles. The summed E-state index contributed by atoms with van der Waals surface area (Å²) in [5.41, 5.74) is 2.98. The highest BCUT2D eigenvalue weighted by Crippen LogP contribution is 2.43. The maximum atomic E-state index is 4.21. The molecule has 0 saturated heterocycles. The predicted octanol–water partition coefficient (Wildman–Crippen LogP) is 4.05. The van der Waals surface area contributed by atoms with Gasteiger partial charge in [-0.15, -0.1) is 0 Å². The SMILES string of the molecule is C=C(C)C(NC)C1(c2ccccc2)CCCCC1. The zero-order valence-corrected chi connectivity index (χ0v) is 11.7. The van der Waals surface area contributed by atoms with Crippen LogP contribution in [0.3, 0.4) is 0 Å². The van der Waals surface area contributed by atoms with E-state index in [-0.39, 0.29) is 5.41 Å². The molecule has 0 amide bonds. The highest BCUT2D eigenvalue weighted by Gasteiger charge is 2.40. The first-order valence-corrected chi connectivity index (χ1v) is 7.09. The van der Waals surface area contributed by atoms with Crippen LogP contribution in [-0.2, 0) is 5.41 Å². The molecule has 1 fully saturated rings. The molecule has 1 aromatic carbocycles. The second-order valence-electron chi connectivity index (χ2n) is 5.65. The van der Waals surface area contributed by atoms with Crippen molar-refractivity contribution in [3.05, 3.63) is 48.0 Å². The second-order valence-corrected chi connectivity index (χ2v) is 5.65. The van der Waals surface area contributed by atoms with Crippen LogP contribution in [0.15, 0.2) is 42.5 Å². The molecule has 1 nitrogen and oxygen atoms in total. The molecule has 0 bridgehead atoms. The van der Waals surface area contributed by atoms with Gasteiger partial charge >= 0.3 is 0 Å². The fraction of sp³-hybridized carbons (Fsp3) is 0.529. The van der Waals surface area contributed by atoms with Gasteiger partial charge in [0.2, 0.25) is 0 Å². The third-order valence-electron chi connectivity index (χ3n) is 4.43. The summed E-state index contributed by atoms with van der Waals surface area (Å²) >= 11 is 0. The van der Waals surface area contributed by atoms with E-state index in [4.69, 9.17) is 0 Å². The Hall–Kier alpha value is -1.08. The maximum absolute atomic E-state index is 4.21. The average Bonchev–Trinajstić information content (AvgIpc) is 2.41. The molecular weight excluding hydrogens is 218 g/mol. The first-order chi connectivity index (χ1) is 8.70. The van der Waals surface area contributed by atoms with E-state index in [9.17, 15) is 0 Å². The Morgan fingerprint density at radius 1 is 1.17 bits per heavy atom. The van der Waals surface area contributed by atoms with E-state index < -0.39 is 0 Å². The summed E-state index contributed by atoms with van der Waals surface area (Å²) in [7, 11) is 2.07. The minimum Gasteiger partial charge on any atom is -0.313 e. The van der Waals surface area contributed by atoms with Crippen LogP contribution in [0, 0.1) is 0 Å². The fourth-order valence-corrected chi connectivity index (χ4v) is 3.69. The number of hydrogen-bond acceptors (Lipinski definition) is 1.